The lowest BCUT2D eigenvalue weighted by Crippen LogP contribution is -2.27. The molecule has 0 spiro atoms. The first-order chi connectivity index (χ1) is 61.6. The van der Waals surface area contributed by atoms with Crippen LogP contribution in [0.25, 0.3) is 151 Å². The smallest absolute Gasteiger partial charge is 0.185 e. The Morgan fingerprint density at radius 3 is 1.09 bits per heavy atom. The first-order valence-corrected chi connectivity index (χ1v) is 43.5. The van der Waals surface area contributed by atoms with Gasteiger partial charge in [0.1, 0.15) is 103 Å². The van der Waals surface area contributed by atoms with Gasteiger partial charge in [0.2, 0.25) is 0 Å². The third kappa shape index (κ3) is 18.8. The van der Waals surface area contributed by atoms with Gasteiger partial charge < -0.3 is 49.2 Å². The summed E-state index contributed by atoms with van der Waals surface area (Å²) in [7, 11) is 0. The Kier molecular flexibility index (Phi) is 23.8. The molecule has 129 heavy (non-hydrogen) atoms. The van der Waals surface area contributed by atoms with E-state index in [1.54, 1.807) is 0 Å². The molecule has 21 rings (SSSR count). The van der Waals surface area contributed by atoms with Gasteiger partial charge in [0.25, 0.3) is 0 Å². The van der Waals surface area contributed by atoms with E-state index in [9.17, 15) is 0 Å². The van der Waals surface area contributed by atoms with Crippen molar-refractivity contribution in [3.05, 3.63) is 253 Å². The molecule has 0 aliphatic rings. The fourth-order valence-corrected chi connectivity index (χ4v) is 15.2. The van der Waals surface area contributed by atoms with Crippen molar-refractivity contribution in [2.75, 3.05) is 26.6 Å². The van der Waals surface area contributed by atoms with Crippen LogP contribution in [0.5, 0.6) is 0 Å². The standard InChI is InChI=1S/C24H22N4O.C20H22N4O.C19H21N5O.C19H20N4O.C18H19N5O.C2H6/c1-15(2)25-24-23(26-22-6-4-5-13-28(22)24)18-9-7-17(8-10-18)19-11-12-21-20(14-19)16(3)27-29-21;1-12-6-9-17-21-18(19(24(17)11-12)22-20(3,4)5)14-7-8-16-15(10-14)13(2)23-25-16;1-11-8-16-21-17(18(22-19(3,4)5)24(16)10-20-11)13-6-7-15-14(9-13)12(2)23-25-15;1-12-14-11-13(8-9-15(14)24-22-12)17-18(21-19(2,3)4)23-10-6-5-7-16(23)20-17;1-11-15-13(24-22-11)9-8-12(19-15)16-17(21-18(2,3)4)23-10-6-5-7-14(23)20-16;1-2/h4-15,25H,1-3H3;6-11,22H,1-5H3;6-10,22H,1-5H3;5-11,21H,1-4H3;5-10,21H,1-4H3;1-2H3. The predicted octanol–water partition coefficient (Wildman–Crippen LogP) is 25.0. The zero-order chi connectivity index (χ0) is 91.3. The topological polar surface area (TPSA) is 303 Å². The van der Waals surface area contributed by atoms with E-state index < -0.39 is 0 Å². The summed E-state index contributed by atoms with van der Waals surface area (Å²) in [5.41, 5.74) is 27.1. The van der Waals surface area contributed by atoms with E-state index in [2.05, 4.69) is 247 Å². The highest BCUT2D eigenvalue weighted by Crippen LogP contribution is 2.40. The highest BCUT2D eigenvalue weighted by atomic mass is 16.5. The monoisotopic (exact) mass is 1720 g/mol. The van der Waals surface area contributed by atoms with Crippen molar-refractivity contribution in [2.45, 2.75) is 187 Å². The molecule has 0 atom stereocenters. The van der Waals surface area contributed by atoms with Crippen LogP contribution >= 0.6 is 0 Å². The molecule has 0 bridgehead atoms. The Morgan fingerprint density at radius 2 is 0.643 bits per heavy atom. The summed E-state index contributed by atoms with van der Waals surface area (Å²) in [5, 5.41) is 42.1. The number of fused-ring (bicyclic) bond motifs is 10. The molecule has 0 saturated carbocycles. The van der Waals surface area contributed by atoms with Gasteiger partial charge in [0, 0.05) is 109 Å². The van der Waals surface area contributed by atoms with Crippen LogP contribution < -0.4 is 26.6 Å². The van der Waals surface area contributed by atoms with E-state index >= 15 is 0 Å². The highest BCUT2D eigenvalue weighted by molar-refractivity contribution is 5.92. The number of aromatic nitrogens is 17. The lowest BCUT2D eigenvalue weighted by molar-refractivity contribution is 0.450. The maximum atomic E-state index is 5.33. The van der Waals surface area contributed by atoms with E-state index in [1.807, 2.05) is 204 Å². The zero-order valence-corrected chi connectivity index (χ0v) is 77.4. The molecule has 16 aromatic heterocycles. The first-order valence-electron chi connectivity index (χ1n) is 43.5. The van der Waals surface area contributed by atoms with Gasteiger partial charge in [0.05, 0.1) is 28.5 Å². The second-order valence-corrected chi connectivity index (χ2v) is 36.6. The van der Waals surface area contributed by atoms with Crippen molar-refractivity contribution in [1.29, 1.82) is 0 Å². The predicted molar refractivity (Wildman–Crippen MR) is 519 cm³/mol. The Morgan fingerprint density at radius 1 is 0.302 bits per heavy atom. The van der Waals surface area contributed by atoms with Crippen molar-refractivity contribution in [2.24, 2.45) is 0 Å². The molecule has 658 valence electrons. The molecule has 5 aromatic carbocycles. The lowest BCUT2D eigenvalue weighted by atomic mass is 10.0. The van der Waals surface area contributed by atoms with Gasteiger partial charge in [-0.15, -0.1) is 0 Å². The van der Waals surface area contributed by atoms with Gasteiger partial charge in [-0.1, -0.05) is 94.2 Å². The molecule has 0 fully saturated rings. The van der Waals surface area contributed by atoms with Crippen LogP contribution in [-0.4, -0.2) is 111 Å². The summed E-state index contributed by atoms with van der Waals surface area (Å²) < 4.78 is 36.9. The molecule has 0 aliphatic heterocycles. The molecular formula is C102H110N22O5. The summed E-state index contributed by atoms with van der Waals surface area (Å²) in [6.07, 6.45) is 10.0. The summed E-state index contributed by atoms with van der Waals surface area (Å²) in [6.45, 7) is 47.7. The molecule has 16 heterocycles. The maximum absolute atomic E-state index is 5.33. The number of nitrogens with zero attached hydrogens (tertiary/aromatic N) is 17. The summed E-state index contributed by atoms with van der Waals surface area (Å²) in [5.74, 6) is 4.87. The third-order valence-electron chi connectivity index (χ3n) is 21.0. The zero-order valence-electron chi connectivity index (χ0n) is 77.4. The minimum Gasteiger partial charge on any atom is -0.367 e. The Balaban J connectivity index is 0.000000118. The van der Waals surface area contributed by atoms with E-state index in [0.29, 0.717) is 11.6 Å². The summed E-state index contributed by atoms with van der Waals surface area (Å²) >= 11 is 0. The molecule has 21 aromatic rings. The fourth-order valence-electron chi connectivity index (χ4n) is 15.2. The van der Waals surface area contributed by atoms with Gasteiger partial charge in [-0.05, 0) is 283 Å². The number of nitrogens with one attached hydrogen (secondary N) is 5. The summed E-state index contributed by atoms with van der Waals surface area (Å²) in [4.78, 5) is 33.4. The summed E-state index contributed by atoms with van der Waals surface area (Å²) in [6, 6.07) is 61.2. The number of benzene rings is 5. The van der Waals surface area contributed by atoms with Crippen LogP contribution in [0.15, 0.2) is 236 Å². The van der Waals surface area contributed by atoms with Gasteiger partial charge in [-0.2, -0.15) is 0 Å². The number of pyridine rings is 5. The third-order valence-corrected chi connectivity index (χ3v) is 21.0. The Labute approximate surface area is 747 Å². The van der Waals surface area contributed by atoms with Crippen LogP contribution in [0.4, 0.5) is 29.1 Å². The molecule has 27 heteroatoms. The lowest BCUT2D eigenvalue weighted by Gasteiger charge is -2.22. The second-order valence-electron chi connectivity index (χ2n) is 36.6. The van der Waals surface area contributed by atoms with Crippen molar-refractivity contribution in [3.63, 3.8) is 0 Å². The van der Waals surface area contributed by atoms with Crippen molar-refractivity contribution < 1.29 is 22.6 Å². The van der Waals surface area contributed by atoms with Gasteiger partial charge >= 0.3 is 0 Å². The van der Waals surface area contributed by atoms with Crippen LogP contribution in [0.1, 0.15) is 151 Å². The quantitative estimate of drug-likeness (QED) is 0.0759. The largest absolute Gasteiger partial charge is 0.367 e. The minimum absolute atomic E-state index is 0.0717. The van der Waals surface area contributed by atoms with Gasteiger partial charge in [0.15, 0.2) is 27.9 Å². The van der Waals surface area contributed by atoms with Crippen molar-refractivity contribution in [3.8, 4) is 67.5 Å². The number of anilines is 5. The molecular weight excluding hydrogens is 1610 g/mol. The number of hydrogen-bond acceptors (Lipinski definition) is 22. The molecule has 0 radical (unpaired) electrons. The molecule has 5 N–H and O–H groups in total. The molecule has 0 unspecified atom stereocenters. The van der Waals surface area contributed by atoms with E-state index in [1.165, 1.54) is 5.56 Å². The number of rotatable bonds is 12. The average molecular weight is 1720 g/mol. The first kappa shape index (κ1) is 87.5. The number of imidazole rings is 5. The van der Waals surface area contributed by atoms with E-state index in [0.717, 1.165) is 208 Å². The average Bonchev–Trinajstić information content (AvgIpc) is 1.63. The molecule has 27 nitrogen and oxygen atoms in total. The molecule has 0 saturated heterocycles. The van der Waals surface area contributed by atoms with E-state index in [4.69, 9.17) is 52.5 Å². The highest BCUT2D eigenvalue weighted by Gasteiger charge is 2.27. The van der Waals surface area contributed by atoms with Crippen LogP contribution in [0, 0.1) is 48.5 Å². The maximum Gasteiger partial charge on any atom is 0.185 e. The minimum atomic E-state index is -0.104. The fraction of sp³-hybridized carbons (Fsp3) is 0.275. The van der Waals surface area contributed by atoms with E-state index in [-0.39, 0.29) is 22.2 Å². The SMILES string of the molecule is CC.Cc1cc2nc(-c3ccc4onc(C)c4c3)c(NC(C)(C)C)n2cn1.Cc1ccc2nc(-c3ccc4onc(C)c4c3)c(NC(C)(C)C)n2c1.Cc1noc2ccc(-c3ccc(-c4nc5ccccn5c4NC(C)C)cc3)cc12.Cc1noc2ccc(-c3nc4ccccn4c3NC(C)(C)C)cc12.Cc1noc2ccc(-c3nc4ccccn4c3NC(C)(C)C)nc12. The van der Waals surface area contributed by atoms with Crippen LogP contribution in [-0.2, 0) is 0 Å². The van der Waals surface area contributed by atoms with Crippen molar-refractivity contribution >= 4 is 112 Å². The molecule has 0 aliphatic carbocycles. The van der Waals surface area contributed by atoms with Gasteiger partial charge in [-0.25, -0.2) is 34.9 Å². The van der Waals surface area contributed by atoms with Crippen molar-refractivity contribution in [1.82, 2.24) is 82.7 Å². The normalized spacial score (nSPS) is 11.9. The second kappa shape index (κ2) is 35.1. The Bertz CT molecular complexity index is 7390. The van der Waals surface area contributed by atoms with Crippen LogP contribution in [0.3, 0.4) is 0 Å². The van der Waals surface area contributed by atoms with Gasteiger partial charge in [-0.3, -0.25) is 22.0 Å². The molecule has 0 amide bonds. The number of aryl methyl sites for hydroxylation is 7. The number of hydrogen-bond donors (Lipinski definition) is 5. The van der Waals surface area contributed by atoms with Crippen LogP contribution in [0.2, 0.25) is 0 Å². The Hall–Kier alpha value is -15.0.